The van der Waals surface area contributed by atoms with E-state index in [1.54, 1.807) is 0 Å². The van der Waals surface area contributed by atoms with Gasteiger partial charge in [-0.2, -0.15) is 0 Å². The van der Waals surface area contributed by atoms with Gasteiger partial charge in [-0.1, -0.05) is 0 Å². The molecule has 0 aliphatic carbocycles. The molecule has 1 aliphatic heterocycles. The monoisotopic (exact) mass is 173 g/mol. The Bertz CT molecular complexity index is 213. The number of carbonyl (C=O) groups excluding carboxylic acids is 2. The van der Waals surface area contributed by atoms with Crippen molar-refractivity contribution in [2.24, 2.45) is 0 Å². The predicted octanol–water partition coefficient (Wildman–Crippen LogP) is -0.901. The molecule has 5 heteroatoms. The molecule has 0 saturated carbocycles. The first kappa shape index (κ1) is 8.99. The van der Waals surface area contributed by atoms with Gasteiger partial charge in [-0.05, 0) is 0 Å². The number of rotatable bonds is 1. The van der Waals surface area contributed by atoms with Crippen LogP contribution in [-0.4, -0.2) is 41.3 Å². The molecular weight excluding hydrogens is 162 g/mol. The van der Waals surface area contributed by atoms with E-state index in [0.29, 0.717) is 0 Å². The van der Waals surface area contributed by atoms with E-state index < -0.39 is 18.3 Å². The molecule has 12 heavy (non-hydrogen) atoms. The van der Waals surface area contributed by atoms with Crippen LogP contribution < -0.4 is 0 Å². The molecule has 0 spiro atoms. The molecule has 2 atom stereocenters. The Morgan fingerprint density at radius 1 is 1.75 bits per heavy atom. The molecule has 1 heterocycles. The summed E-state index contributed by atoms with van der Waals surface area (Å²) >= 11 is 0. The fourth-order valence-corrected chi connectivity index (χ4v) is 1.13. The van der Waals surface area contributed by atoms with E-state index in [0.717, 1.165) is 4.90 Å². The molecule has 1 N–H and O–H groups in total. The summed E-state index contributed by atoms with van der Waals surface area (Å²) in [4.78, 5) is 22.6. The highest BCUT2D eigenvalue weighted by molar-refractivity contribution is 5.79. The number of nitrogens with zero attached hydrogens (tertiary/aromatic N) is 1. The van der Waals surface area contributed by atoms with Gasteiger partial charge in [0.05, 0.1) is 6.42 Å². The third kappa shape index (κ3) is 1.55. The molecule has 0 aromatic rings. The second kappa shape index (κ2) is 3.10. The van der Waals surface area contributed by atoms with Crippen molar-refractivity contribution in [3.8, 4) is 0 Å². The standard InChI is InChI=1S/C7H11NO4/c1-4(9)12-5-3-6(10)8(2)7(5)11/h5,7,11H,3H2,1-2H3/t5-,7-/m1/s1. The lowest BCUT2D eigenvalue weighted by molar-refractivity contribution is -0.154. The van der Waals surface area contributed by atoms with E-state index in [-0.39, 0.29) is 12.3 Å². The number of likely N-dealkylation sites (N-methyl/N-ethyl adjacent to an activating group) is 1. The van der Waals surface area contributed by atoms with E-state index >= 15 is 0 Å². The molecule has 5 nitrogen and oxygen atoms in total. The highest BCUT2D eigenvalue weighted by Gasteiger charge is 2.38. The quantitative estimate of drug-likeness (QED) is 0.522. The predicted molar refractivity (Wildman–Crippen MR) is 38.9 cm³/mol. The fraction of sp³-hybridized carbons (Fsp3) is 0.714. The number of ether oxygens (including phenoxy) is 1. The Labute approximate surface area is 69.9 Å². The van der Waals surface area contributed by atoms with Crippen molar-refractivity contribution in [1.29, 1.82) is 0 Å². The summed E-state index contributed by atoms with van der Waals surface area (Å²) < 4.78 is 4.71. The van der Waals surface area contributed by atoms with Crippen molar-refractivity contribution in [3.05, 3.63) is 0 Å². The van der Waals surface area contributed by atoms with Gasteiger partial charge in [0.25, 0.3) is 0 Å². The first-order valence-electron chi connectivity index (χ1n) is 3.63. The zero-order valence-corrected chi connectivity index (χ0v) is 6.98. The van der Waals surface area contributed by atoms with Crippen molar-refractivity contribution in [2.75, 3.05) is 7.05 Å². The molecule has 0 aromatic heterocycles. The molecule has 0 aromatic carbocycles. The van der Waals surface area contributed by atoms with Crippen LogP contribution in [0.4, 0.5) is 0 Å². The number of amides is 1. The van der Waals surface area contributed by atoms with Crippen LogP contribution in [0, 0.1) is 0 Å². The Kier molecular flexibility index (Phi) is 2.32. The number of aliphatic hydroxyl groups excluding tert-OH is 1. The van der Waals surface area contributed by atoms with Crippen LogP contribution in [0.1, 0.15) is 13.3 Å². The SMILES string of the molecule is CC(=O)O[C@@H]1CC(=O)N(C)[C@@H]1O. The second-order valence-corrected chi connectivity index (χ2v) is 2.77. The Morgan fingerprint density at radius 3 is 2.67 bits per heavy atom. The number of likely N-dealkylation sites (tertiary alicyclic amines) is 1. The maximum Gasteiger partial charge on any atom is 0.303 e. The molecule has 68 valence electrons. The molecule has 1 rings (SSSR count). The smallest absolute Gasteiger partial charge is 0.303 e. The molecule has 1 fully saturated rings. The van der Waals surface area contributed by atoms with E-state index in [4.69, 9.17) is 4.74 Å². The van der Waals surface area contributed by atoms with Gasteiger partial charge in [0.1, 0.15) is 0 Å². The number of hydrogen-bond donors (Lipinski definition) is 1. The number of hydrogen-bond acceptors (Lipinski definition) is 4. The summed E-state index contributed by atoms with van der Waals surface area (Å²) in [6.45, 7) is 1.25. The van der Waals surface area contributed by atoms with Gasteiger partial charge in [0.2, 0.25) is 5.91 Å². The summed E-state index contributed by atoms with van der Waals surface area (Å²) in [5.74, 6) is -0.698. The second-order valence-electron chi connectivity index (χ2n) is 2.77. The van der Waals surface area contributed by atoms with Gasteiger partial charge in [0.15, 0.2) is 12.3 Å². The van der Waals surface area contributed by atoms with Crippen LogP contribution in [0.3, 0.4) is 0 Å². The van der Waals surface area contributed by atoms with E-state index in [2.05, 4.69) is 0 Å². The fourth-order valence-electron chi connectivity index (χ4n) is 1.13. The molecule has 1 aliphatic rings. The van der Waals surface area contributed by atoms with Crippen LogP contribution in [-0.2, 0) is 14.3 Å². The van der Waals surface area contributed by atoms with Gasteiger partial charge in [-0.3, -0.25) is 9.59 Å². The highest BCUT2D eigenvalue weighted by Crippen LogP contribution is 2.18. The zero-order valence-electron chi connectivity index (χ0n) is 6.98. The lowest BCUT2D eigenvalue weighted by Crippen LogP contribution is -2.35. The topological polar surface area (TPSA) is 66.8 Å². The maximum absolute atomic E-state index is 11.0. The first-order valence-corrected chi connectivity index (χ1v) is 3.63. The average Bonchev–Trinajstić information content (AvgIpc) is 2.17. The zero-order chi connectivity index (χ0) is 9.30. The lowest BCUT2D eigenvalue weighted by atomic mass is 10.3. The van der Waals surface area contributed by atoms with Crippen molar-refractivity contribution in [1.82, 2.24) is 4.90 Å². The van der Waals surface area contributed by atoms with Crippen molar-refractivity contribution in [2.45, 2.75) is 25.7 Å². The van der Waals surface area contributed by atoms with Gasteiger partial charge >= 0.3 is 5.97 Å². The summed E-state index contributed by atoms with van der Waals surface area (Å²) in [7, 11) is 1.47. The van der Waals surface area contributed by atoms with Crippen LogP contribution in [0.25, 0.3) is 0 Å². The molecule has 1 saturated heterocycles. The number of aliphatic hydroxyl groups is 1. The third-order valence-electron chi connectivity index (χ3n) is 1.82. The third-order valence-corrected chi connectivity index (χ3v) is 1.82. The van der Waals surface area contributed by atoms with Gasteiger partial charge in [0, 0.05) is 14.0 Å². The highest BCUT2D eigenvalue weighted by atomic mass is 16.6. The van der Waals surface area contributed by atoms with Crippen molar-refractivity contribution < 1.29 is 19.4 Å². The molecule has 0 bridgehead atoms. The van der Waals surface area contributed by atoms with Crippen LogP contribution in [0.15, 0.2) is 0 Å². The van der Waals surface area contributed by atoms with Crippen LogP contribution in [0.5, 0.6) is 0 Å². The number of esters is 1. The Hall–Kier alpha value is -1.10. The minimum Gasteiger partial charge on any atom is -0.457 e. The lowest BCUT2D eigenvalue weighted by Gasteiger charge is -2.18. The molecule has 0 unspecified atom stereocenters. The Balaban J connectivity index is 2.58. The van der Waals surface area contributed by atoms with Gasteiger partial charge < -0.3 is 14.7 Å². The van der Waals surface area contributed by atoms with Gasteiger partial charge in [-0.25, -0.2) is 0 Å². The van der Waals surface area contributed by atoms with Crippen LogP contribution in [0.2, 0.25) is 0 Å². The average molecular weight is 173 g/mol. The first-order chi connectivity index (χ1) is 5.52. The Morgan fingerprint density at radius 2 is 2.33 bits per heavy atom. The summed E-state index contributed by atoms with van der Waals surface area (Å²) in [6, 6.07) is 0. The molecule has 0 radical (unpaired) electrons. The van der Waals surface area contributed by atoms with Crippen LogP contribution >= 0.6 is 0 Å². The number of carbonyl (C=O) groups is 2. The van der Waals surface area contributed by atoms with E-state index in [1.165, 1.54) is 14.0 Å². The normalized spacial score (nSPS) is 29.2. The summed E-state index contributed by atoms with van der Waals surface area (Å²) in [6.07, 6.45) is -1.64. The minimum atomic E-state index is -0.999. The summed E-state index contributed by atoms with van der Waals surface area (Å²) in [5, 5.41) is 9.30. The molecule has 1 amide bonds. The minimum absolute atomic E-state index is 0.0667. The van der Waals surface area contributed by atoms with Crippen molar-refractivity contribution in [3.63, 3.8) is 0 Å². The largest absolute Gasteiger partial charge is 0.457 e. The maximum atomic E-state index is 11.0. The van der Waals surface area contributed by atoms with E-state index in [9.17, 15) is 14.7 Å². The van der Waals surface area contributed by atoms with E-state index in [1.807, 2.05) is 0 Å². The molecular formula is C7H11NO4. The summed E-state index contributed by atoms with van der Waals surface area (Å²) in [5.41, 5.74) is 0. The van der Waals surface area contributed by atoms with Gasteiger partial charge in [-0.15, -0.1) is 0 Å². The van der Waals surface area contributed by atoms with Crippen molar-refractivity contribution >= 4 is 11.9 Å².